The van der Waals surface area contributed by atoms with Crippen LogP contribution >= 0.6 is 0 Å². The molecular weight excluding hydrogens is 152 g/mol. The number of hydrogen-bond donors (Lipinski definition) is 0. The molecule has 0 spiro atoms. The Hall–Kier alpha value is -0.500. The quantitative estimate of drug-likeness (QED) is 0.476. The zero-order valence-electron chi connectivity index (χ0n) is 7.42. The first-order chi connectivity index (χ1) is 5.95. The summed E-state index contributed by atoms with van der Waals surface area (Å²) in [5.74, 6) is 0. The molecule has 2 fully saturated rings. The van der Waals surface area contributed by atoms with E-state index in [0.717, 1.165) is 13.2 Å². The van der Waals surface area contributed by atoms with Gasteiger partial charge in [-0.15, -0.1) is 0 Å². The molecule has 0 radical (unpaired) electrons. The third kappa shape index (κ3) is 2.52. The maximum atomic E-state index is 5.41. The molecule has 1 aliphatic carbocycles. The summed E-state index contributed by atoms with van der Waals surface area (Å²) in [4.78, 5) is 0. The van der Waals surface area contributed by atoms with E-state index < -0.39 is 0 Å². The first kappa shape index (κ1) is 8.11. The largest absolute Gasteiger partial charge is 0.498 e. The average Bonchev–Trinajstić information content (AvgIpc) is 2.90. The fourth-order valence-corrected chi connectivity index (χ4v) is 1.56. The minimum absolute atomic E-state index is 0.394. The molecule has 2 rings (SSSR count). The van der Waals surface area contributed by atoms with Gasteiger partial charge in [-0.3, -0.25) is 0 Å². The van der Waals surface area contributed by atoms with Gasteiger partial charge in [-0.25, -0.2) is 0 Å². The van der Waals surface area contributed by atoms with Crippen LogP contribution in [-0.4, -0.2) is 19.3 Å². The van der Waals surface area contributed by atoms with E-state index in [1.807, 2.05) is 6.26 Å². The van der Waals surface area contributed by atoms with E-state index in [1.54, 1.807) is 0 Å². The van der Waals surface area contributed by atoms with Crippen LogP contribution in [0.1, 0.15) is 32.1 Å². The summed E-state index contributed by atoms with van der Waals surface area (Å²) in [6.07, 6.45) is 8.91. The van der Waals surface area contributed by atoms with Gasteiger partial charge in [0.2, 0.25) is 0 Å². The van der Waals surface area contributed by atoms with E-state index in [9.17, 15) is 0 Å². The van der Waals surface area contributed by atoms with Gasteiger partial charge in [-0.05, 0) is 31.3 Å². The molecule has 0 bridgehead atoms. The van der Waals surface area contributed by atoms with E-state index in [-0.39, 0.29) is 0 Å². The van der Waals surface area contributed by atoms with Gasteiger partial charge in [0, 0.05) is 0 Å². The molecule has 1 atom stereocenters. The van der Waals surface area contributed by atoms with Crippen LogP contribution < -0.4 is 0 Å². The number of hydrogen-bond acceptors (Lipinski definition) is 2. The van der Waals surface area contributed by atoms with Crippen molar-refractivity contribution in [2.45, 2.75) is 38.2 Å². The third-order valence-electron chi connectivity index (χ3n) is 2.43. The minimum atomic E-state index is 0.394. The van der Waals surface area contributed by atoms with Crippen molar-refractivity contribution in [2.24, 2.45) is 0 Å². The molecule has 1 saturated carbocycles. The molecule has 0 aromatic heterocycles. The molecule has 12 heavy (non-hydrogen) atoms. The Morgan fingerprint density at radius 2 is 2.08 bits per heavy atom. The Kier molecular flexibility index (Phi) is 2.67. The second-order valence-electron chi connectivity index (χ2n) is 3.63. The second kappa shape index (κ2) is 3.94. The normalized spacial score (nSPS) is 28.3. The predicted molar refractivity (Wildman–Crippen MR) is 46.9 cm³/mol. The Balaban J connectivity index is 1.65. The van der Waals surface area contributed by atoms with Crippen LogP contribution in [0.2, 0.25) is 0 Å². The van der Waals surface area contributed by atoms with Gasteiger partial charge in [-0.1, -0.05) is 6.42 Å². The smallest absolute Gasteiger partial charge is 0.116 e. The van der Waals surface area contributed by atoms with Gasteiger partial charge in [-0.2, -0.15) is 0 Å². The van der Waals surface area contributed by atoms with Crippen molar-refractivity contribution in [3.05, 3.63) is 11.8 Å². The third-order valence-corrected chi connectivity index (χ3v) is 2.43. The summed E-state index contributed by atoms with van der Waals surface area (Å²) in [7, 11) is 0. The molecule has 2 nitrogen and oxygen atoms in total. The van der Waals surface area contributed by atoms with Crippen LogP contribution in [0.25, 0.3) is 0 Å². The molecule has 2 aliphatic rings. The first-order valence-electron chi connectivity index (χ1n) is 4.86. The zero-order valence-corrected chi connectivity index (χ0v) is 7.42. The van der Waals surface area contributed by atoms with Crippen molar-refractivity contribution in [3.8, 4) is 0 Å². The van der Waals surface area contributed by atoms with E-state index in [4.69, 9.17) is 9.47 Å². The summed E-state index contributed by atoms with van der Waals surface area (Å²) < 4.78 is 10.5. The molecule has 0 aromatic rings. The molecule has 2 heteroatoms. The Bertz CT molecular complexity index is 163. The SMILES string of the molecule is C(OCC1CO1)=C1CCCCC1. The fourth-order valence-electron chi connectivity index (χ4n) is 1.56. The van der Waals surface area contributed by atoms with Crippen LogP contribution in [0.5, 0.6) is 0 Å². The zero-order chi connectivity index (χ0) is 8.23. The Morgan fingerprint density at radius 1 is 1.33 bits per heavy atom. The monoisotopic (exact) mass is 168 g/mol. The lowest BCUT2D eigenvalue weighted by Gasteiger charge is -2.12. The Morgan fingerprint density at radius 3 is 2.75 bits per heavy atom. The van der Waals surface area contributed by atoms with Crippen molar-refractivity contribution in [2.75, 3.05) is 13.2 Å². The van der Waals surface area contributed by atoms with Crippen molar-refractivity contribution in [3.63, 3.8) is 0 Å². The molecule has 1 aliphatic heterocycles. The maximum Gasteiger partial charge on any atom is 0.116 e. The van der Waals surface area contributed by atoms with Gasteiger partial charge in [0.15, 0.2) is 0 Å². The number of allylic oxidation sites excluding steroid dienone is 1. The van der Waals surface area contributed by atoms with Gasteiger partial charge in [0.1, 0.15) is 12.7 Å². The van der Waals surface area contributed by atoms with E-state index in [2.05, 4.69) is 0 Å². The summed E-state index contributed by atoms with van der Waals surface area (Å²) in [5.41, 5.74) is 1.49. The van der Waals surface area contributed by atoms with Crippen LogP contribution in [0.3, 0.4) is 0 Å². The maximum absolute atomic E-state index is 5.41. The highest BCUT2D eigenvalue weighted by molar-refractivity contribution is 5.00. The molecule has 1 unspecified atom stereocenters. The summed E-state index contributed by atoms with van der Waals surface area (Å²) in [6, 6.07) is 0. The van der Waals surface area contributed by atoms with E-state index >= 15 is 0 Å². The minimum Gasteiger partial charge on any atom is -0.498 e. The highest BCUT2D eigenvalue weighted by atomic mass is 16.6. The van der Waals surface area contributed by atoms with Crippen LogP contribution in [0.15, 0.2) is 11.8 Å². The van der Waals surface area contributed by atoms with Crippen molar-refractivity contribution in [1.82, 2.24) is 0 Å². The average molecular weight is 168 g/mol. The molecule has 1 saturated heterocycles. The van der Waals surface area contributed by atoms with Gasteiger partial charge >= 0.3 is 0 Å². The lowest BCUT2D eigenvalue weighted by Crippen LogP contribution is -1.99. The van der Waals surface area contributed by atoms with Gasteiger partial charge < -0.3 is 9.47 Å². The van der Waals surface area contributed by atoms with Crippen molar-refractivity contribution in [1.29, 1.82) is 0 Å². The van der Waals surface area contributed by atoms with Crippen LogP contribution in [-0.2, 0) is 9.47 Å². The molecule has 68 valence electrons. The lowest BCUT2D eigenvalue weighted by molar-refractivity contribution is 0.208. The summed E-state index contributed by atoms with van der Waals surface area (Å²) in [5, 5.41) is 0. The molecule has 0 aromatic carbocycles. The fraction of sp³-hybridized carbons (Fsp3) is 0.800. The standard InChI is InChI=1S/C10H16O2/c1-2-4-9(5-3-1)6-11-7-10-8-12-10/h6,10H,1-5,7-8H2. The van der Waals surface area contributed by atoms with Gasteiger partial charge in [0.25, 0.3) is 0 Å². The summed E-state index contributed by atoms with van der Waals surface area (Å²) in [6.45, 7) is 1.65. The van der Waals surface area contributed by atoms with Crippen molar-refractivity contribution < 1.29 is 9.47 Å². The molecular formula is C10H16O2. The number of epoxide rings is 1. The second-order valence-corrected chi connectivity index (χ2v) is 3.63. The predicted octanol–water partition coefficient (Wildman–Crippen LogP) is 2.25. The molecule has 1 heterocycles. The molecule has 0 N–H and O–H groups in total. The van der Waals surface area contributed by atoms with E-state index in [0.29, 0.717) is 6.10 Å². The van der Waals surface area contributed by atoms with Crippen molar-refractivity contribution >= 4 is 0 Å². The number of rotatable bonds is 3. The van der Waals surface area contributed by atoms with Gasteiger partial charge in [0.05, 0.1) is 12.9 Å². The van der Waals surface area contributed by atoms with Crippen LogP contribution in [0, 0.1) is 0 Å². The van der Waals surface area contributed by atoms with Crippen LogP contribution in [0.4, 0.5) is 0 Å². The lowest BCUT2D eigenvalue weighted by atomic mass is 9.96. The highest BCUT2D eigenvalue weighted by Gasteiger charge is 2.22. The topological polar surface area (TPSA) is 21.8 Å². The Labute approximate surface area is 73.5 Å². The number of ether oxygens (including phenoxy) is 2. The first-order valence-corrected chi connectivity index (χ1v) is 4.86. The summed E-state index contributed by atoms with van der Waals surface area (Å²) >= 11 is 0. The van der Waals surface area contributed by atoms with E-state index in [1.165, 1.54) is 37.7 Å². The molecule has 0 amide bonds. The highest BCUT2D eigenvalue weighted by Crippen LogP contribution is 2.22.